The Morgan fingerprint density at radius 3 is 2.25 bits per heavy atom. The van der Waals surface area contributed by atoms with Crippen LogP contribution >= 0.6 is 11.6 Å². The van der Waals surface area contributed by atoms with Crippen molar-refractivity contribution in [3.8, 4) is 28.9 Å². The zero-order valence-corrected chi connectivity index (χ0v) is 29.8. The van der Waals surface area contributed by atoms with Gasteiger partial charge in [0.2, 0.25) is 11.8 Å². The third-order valence-corrected chi connectivity index (χ3v) is 8.80. The Labute approximate surface area is 309 Å². The van der Waals surface area contributed by atoms with Crippen LogP contribution in [0.1, 0.15) is 29.2 Å². The molecule has 0 spiro atoms. The van der Waals surface area contributed by atoms with Gasteiger partial charge < -0.3 is 23.8 Å². The first-order valence-electron chi connectivity index (χ1n) is 17.3. The zero-order chi connectivity index (χ0) is 36.1. The first-order valence-corrected chi connectivity index (χ1v) is 17.7. The van der Waals surface area contributed by atoms with Gasteiger partial charge in [0.25, 0.3) is 0 Å². The highest BCUT2D eigenvalue weighted by molar-refractivity contribution is 6.32. The quantitative estimate of drug-likeness (QED) is 0.100. The van der Waals surface area contributed by atoms with Crippen molar-refractivity contribution < 1.29 is 28.1 Å². The van der Waals surface area contributed by atoms with E-state index in [9.17, 15) is 9.18 Å². The van der Waals surface area contributed by atoms with Crippen LogP contribution in [0.25, 0.3) is 6.08 Å². The average molecular weight is 722 g/mol. The van der Waals surface area contributed by atoms with Gasteiger partial charge in [-0.3, -0.25) is 9.69 Å². The van der Waals surface area contributed by atoms with Crippen molar-refractivity contribution in [1.29, 1.82) is 0 Å². The minimum absolute atomic E-state index is 0.0294. The molecule has 1 fully saturated rings. The molecule has 0 aliphatic carbocycles. The number of carbonyl (C=O) groups excluding carboxylic acids is 1. The molecule has 2 heterocycles. The summed E-state index contributed by atoms with van der Waals surface area (Å²) in [6, 6.07) is 31.3. The van der Waals surface area contributed by atoms with Crippen LogP contribution in [0.4, 0.5) is 4.39 Å². The third-order valence-electron chi connectivity index (χ3n) is 8.51. The molecule has 268 valence electrons. The van der Waals surface area contributed by atoms with E-state index in [1.807, 2.05) is 42.2 Å². The molecule has 0 N–H and O–H groups in total. The molecule has 1 amide bonds. The van der Waals surface area contributed by atoms with Crippen LogP contribution in [0.3, 0.4) is 0 Å². The zero-order valence-electron chi connectivity index (χ0n) is 29.0. The normalized spacial score (nSPS) is 13.2. The number of pyridine rings is 1. The van der Waals surface area contributed by atoms with Gasteiger partial charge in [0, 0.05) is 57.4 Å². The fraction of sp³-hybridized carbons (Fsp3) is 0.238. The van der Waals surface area contributed by atoms with Gasteiger partial charge in [0.1, 0.15) is 35.4 Å². The number of rotatable bonds is 15. The maximum atomic E-state index is 13.1. The second-order valence-electron chi connectivity index (χ2n) is 12.3. The van der Waals surface area contributed by atoms with E-state index in [2.05, 4.69) is 34.1 Å². The number of nitrogens with zero attached hydrogens (tertiary/aromatic N) is 3. The van der Waals surface area contributed by atoms with Crippen LogP contribution in [-0.2, 0) is 24.4 Å². The molecule has 0 saturated carbocycles. The summed E-state index contributed by atoms with van der Waals surface area (Å²) in [4.78, 5) is 21.5. The second kappa shape index (κ2) is 18.2. The maximum Gasteiger partial charge on any atom is 0.246 e. The molecule has 4 aromatic carbocycles. The molecule has 10 heteroatoms. The highest BCUT2D eigenvalue weighted by Crippen LogP contribution is 2.30. The summed E-state index contributed by atoms with van der Waals surface area (Å²) in [7, 11) is 0. The van der Waals surface area contributed by atoms with E-state index >= 15 is 0 Å². The van der Waals surface area contributed by atoms with Crippen LogP contribution in [0.15, 0.2) is 115 Å². The fourth-order valence-electron chi connectivity index (χ4n) is 5.65. The summed E-state index contributed by atoms with van der Waals surface area (Å²) in [6.45, 7) is 7.28. The summed E-state index contributed by atoms with van der Waals surface area (Å²) >= 11 is 6.51. The van der Waals surface area contributed by atoms with Gasteiger partial charge in [0.05, 0.1) is 24.4 Å². The molecule has 0 bridgehead atoms. The smallest absolute Gasteiger partial charge is 0.246 e. The van der Waals surface area contributed by atoms with Crippen LogP contribution in [0.5, 0.6) is 28.9 Å². The van der Waals surface area contributed by atoms with E-state index in [4.69, 9.17) is 30.5 Å². The van der Waals surface area contributed by atoms with Crippen LogP contribution in [0.2, 0.25) is 5.02 Å². The standard InChI is InChI=1S/C42H41ClFN3O5/c1-2-49-36-4-3-5-37(27-36)50-25-20-31-6-8-33(9-7-31)29-46-21-23-47(24-22-46)42(48)19-13-32-12-17-40(39(43)26-32)52-41-18-16-38(28-45-41)51-30-34-10-14-35(44)15-11-34/h3-19,26-28H,2,20-25,29-30H2,1H3. The lowest BCUT2D eigenvalue weighted by atomic mass is 10.1. The summed E-state index contributed by atoms with van der Waals surface area (Å²) in [5.41, 5.74) is 4.11. The summed E-state index contributed by atoms with van der Waals surface area (Å²) < 4.78 is 36.1. The van der Waals surface area contributed by atoms with Crippen molar-refractivity contribution in [3.05, 3.63) is 148 Å². The Bertz CT molecular complexity index is 1930. The number of ether oxygens (including phenoxy) is 4. The van der Waals surface area contributed by atoms with Gasteiger partial charge in [-0.2, -0.15) is 0 Å². The van der Waals surface area contributed by atoms with E-state index in [1.54, 1.807) is 54.7 Å². The van der Waals surface area contributed by atoms with Crippen LogP contribution in [0, 0.1) is 5.82 Å². The predicted octanol–water partition coefficient (Wildman–Crippen LogP) is 8.62. The third kappa shape index (κ3) is 10.8. The van der Waals surface area contributed by atoms with Crippen molar-refractivity contribution in [3.63, 3.8) is 0 Å². The molecule has 1 aliphatic rings. The van der Waals surface area contributed by atoms with Gasteiger partial charge in [0.15, 0.2) is 0 Å². The highest BCUT2D eigenvalue weighted by Gasteiger charge is 2.20. The largest absolute Gasteiger partial charge is 0.494 e. The first-order chi connectivity index (χ1) is 25.4. The Morgan fingerprint density at radius 2 is 1.54 bits per heavy atom. The maximum absolute atomic E-state index is 13.1. The number of piperazine rings is 1. The van der Waals surface area contributed by atoms with Crippen molar-refractivity contribution in [2.75, 3.05) is 39.4 Å². The van der Waals surface area contributed by atoms with E-state index in [0.29, 0.717) is 55.3 Å². The predicted molar refractivity (Wildman–Crippen MR) is 201 cm³/mol. The van der Waals surface area contributed by atoms with E-state index in [-0.39, 0.29) is 11.7 Å². The lowest BCUT2D eigenvalue weighted by molar-refractivity contribution is -0.127. The summed E-state index contributed by atoms with van der Waals surface area (Å²) in [6.07, 6.45) is 5.73. The minimum atomic E-state index is -0.289. The Morgan fingerprint density at radius 1 is 0.808 bits per heavy atom. The Balaban J connectivity index is 0.904. The van der Waals surface area contributed by atoms with Crippen LogP contribution < -0.4 is 18.9 Å². The van der Waals surface area contributed by atoms with Gasteiger partial charge in [-0.05, 0) is 77.7 Å². The van der Waals surface area contributed by atoms with Crippen molar-refractivity contribution in [1.82, 2.24) is 14.8 Å². The van der Waals surface area contributed by atoms with E-state index < -0.39 is 0 Å². The molecule has 1 saturated heterocycles. The van der Waals surface area contributed by atoms with E-state index in [0.717, 1.165) is 48.7 Å². The molecule has 52 heavy (non-hydrogen) atoms. The number of halogens is 2. The molecule has 0 radical (unpaired) electrons. The van der Waals surface area contributed by atoms with Crippen LogP contribution in [-0.4, -0.2) is 60.1 Å². The number of hydrogen-bond donors (Lipinski definition) is 0. The molecule has 1 aliphatic heterocycles. The molecular weight excluding hydrogens is 681 g/mol. The summed E-state index contributed by atoms with van der Waals surface area (Å²) in [5, 5.41) is 0.395. The minimum Gasteiger partial charge on any atom is -0.494 e. The van der Waals surface area contributed by atoms with E-state index in [1.165, 1.54) is 23.3 Å². The van der Waals surface area contributed by atoms with Crippen molar-refractivity contribution in [2.24, 2.45) is 0 Å². The molecule has 0 atom stereocenters. The number of aromatic nitrogens is 1. The molecule has 0 unspecified atom stereocenters. The first kappa shape index (κ1) is 36.4. The monoisotopic (exact) mass is 721 g/mol. The number of benzene rings is 4. The average Bonchev–Trinajstić information content (AvgIpc) is 3.16. The molecular formula is C42H41ClFN3O5. The topological polar surface area (TPSA) is 73.4 Å². The Kier molecular flexibility index (Phi) is 12.8. The van der Waals surface area contributed by atoms with Gasteiger partial charge in [-0.15, -0.1) is 0 Å². The fourth-order valence-corrected chi connectivity index (χ4v) is 5.88. The van der Waals surface area contributed by atoms with Crippen molar-refractivity contribution >= 4 is 23.6 Å². The Hall–Kier alpha value is -5.38. The number of amides is 1. The number of carbonyl (C=O) groups is 1. The second-order valence-corrected chi connectivity index (χ2v) is 12.7. The van der Waals surface area contributed by atoms with Crippen molar-refractivity contribution in [2.45, 2.75) is 26.5 Å². The highest BCUT2D eigenvalue weighted by atomic mass is 35.5. The van der Waals surface area contributed by atoms with Gasteiger partial charge in [-0.1, -0.05) is 60.1 Å². The molecule has 6 rings (SSSR count). The summed E-state index contributed by atoms with van der Waals surface area (Å²) in [5.74, 6) is 2.66. The molecule has 5 aromatic rings. The lowest BCUT2D eigenvalue weighted by Gasteiger charge is -2.34. The molecule has 8 nitrogen and oxygen atoms in total. The SMILES string of the molecule is CCOc1cccc(OCCc2ccc(CN3CCN(C(=O)C=Cc4ccc(Oc5ccc(OCc6ccc(F)cc6)cn5)c(Cl)c4)CC3)cc2)c1. The van der Waals surface area contributed by atoms with Gasteiger partial charge in [-0.25, -0.2) is 9.37 Å². The van der Waals surface area contributed by atoms with Gasteiger partial charge >= 0.3 is 0 Å². The lowest BCUT2D eigenvalue weighted by Crippen LogP contribution is -2.47. The molecule has 1 aromatic heterocycles. The number of hydrogen-bond acceptors (Lipinski definition) is 7.